The highest BCUT2D eigenvalue weighted by Crippen LogP contribution is 2.33. The minimum atomic E-state index is -0.340. The van der Waals surface area contributed by atoms with Gasteiger partial charge in [-0.2, -0.15) is 0 Å². The number of hydrogen-bond acceptors (Lipinski definition) is 4. The normalized spacial score (nSPS) is 9.64. The molecule has 0 aromatic heterocycles. The van der Waals surface area contributed by atoms with E-state index in [1.54, 1.807) is 0 Å². The van der Waals surface area contributed by atoms with Gasteiger partial charge in [0, 0.05) is 27.7 Å². The van der Waals surface area contributed by atoms with E-state index in [2.05, 4.69) is 21.3 Å². The zero-order valence-corrected chi connectivity index (χ0v) is 12.8. The van der Waals surface area contributed by atoms with E-state index in [4.69, 9.17) is 0 Å². The highest BCUT2D eigenvalue weighted by atomic mass is 16.2. The Bertz CT molecular complexity index is 534. The van der Waals surface area contributed by atoms with Crippen molar-refractivity contribution in [1.29, 1.82) is 0 Å². The van der Waals surface area contributed by atoms with E-state index in [1.807, 2.05) is 0 Å². The number of nitrogens with one attached hydrogen (secondary N) is 4. The topological polar surface area (TPSA) is 116 Å². The third-order valence-electron chi connectivity index (χ3n) is 2.40. The monoisotopic (exact) mass is 306 g/mol. The van der Waals surface area contributed by atoms with E-state index in [1.165, 1.54) is 39.8 Å². The van der Waals surface area contributed by atoms with Crippen LogP contribution in [0.4, 0.5) is 22.7 Å². The first kappa shape index (κ1) is 17.2. The van der Waals surface area contributed by atoms with Crippen LogP contribution < -0.4 is 21.3 Å². The SMILES string of the molecule is CC(=O)Nc1cc(NC(C)=O)c(NC(C)=O)cc1NC(C)=O. The zero-order valence-electron chi connectivity index (χ0n) is 12.8. The van der Waals surface area contributed by atoms with Gasteiger partial charge in [-0.1, -0.05) is 0 Å². The first-order valence-corrected chi connectivity index (χ1v) is 6.47. The molecule has 0 bridgehead atoms. The van der Waals surface area contributed by atoms with E-state index in [9.17, 15) is 19.2 Å². The van der Waals surface area contributed by atoms with Gasteiger partial charge < -0.3 is 21.3 Å². The average molecular weight is 306 g/mol. The van der Waals surface area contributed by atoms with Crippen molar-refractivity contribution in [2.24, 2.45) is 0 Å². The van der Waals surface area contributed by atoms with Crippen molar-refractivity contribution in [2.75, 3.05) is 21.3 Å². The smallest absolute Gasteiger partial charge is 0.221 e. The molecule has 1 rings (SSSR count). The summed E-state index contributed by atoms with van der Waals surface area (Å²) in [6, 6.07) is 2.92. The molecule has 8 heteroatoms. The molecule has 0 spiro atoms. The third kappa shape index (κ3) is 5.23. The van der Waals surface area contributed by atoms with E-state index in [0.29, 0.717) is 22.7 Å². The summed E-state index contributed by atoms with van der Waals surface area (Å²) < 4.78 is 0. The number of amides is 4. The average Bonchev–Trinajstić information content (AvgIpc) is 2.31. The number of benzene rings is 1. The zero-order chi connectivity index (χ0) is 16.9. The molecule has 0 aliphatic carbocycles. The second-order valence-corrected chi connectivity index (χ2v) is 4.67. The van der Waals surface area contributed by atoms with Crippen LogP contribution in [0.2, 0.25) is 0 Å². The first-order chi connectivity index (χ1) is 10.2. The molecule has 0 saturated heterocycles. The van der Waals surface area contributed by atoms with Crippen LogP contribution in [-0.2, 0) is 19.2 Å². The van der Waals surface area contributed by atoms with Crippen LogP contribution in [0.15, 0.2) is 12.1 Å². The number of carbonyl (C=O) groups is 4. The number of rotatable bonds is 4. The van der Waals surface area contributed by atoms with Gasteiger partial charge in [-0.05, 0) is 12.1 Å². The molecular formula is C14H18N4O4. The Morgan fingerprint density at radius 3 is 0.864 bits per heavy atom. The summed E-state index contributed by atoms with van der Waals surface area (Å²) in [5, 5.41) is 10.2. The molecule has 4 amide bonds. The summed E-state index contributed by atoms with van der Waals surface area (Å²) in [4.78, 5) is 45.1. The van der Waals surface area contributed by atoms with Gasteiger partial charge in [0.05, 0.1) is 22.7 Å². The van der Waals surface area contributed by atoms with Crippen molar-refractivity contribution in [1.82, 2.24) is 0 Å². The largest absolute Gasteiger partial charge is 0.324 e. The molecule has 1 aromatic carbocycles. The number of anilines is 4. The predicted octanol–water partition coefficient (Wildman–Crippen LogP) is 1.52. The Hall–Kier alpha value is -2.90. The van der Waals surface area contributed by atoms with E-state index < -0.39 is 0 Å². The maximum Gasteiger partial charge on any atom is 0.221 e. The Morgan fingerprint density at radius 2 is 0.727 bits per heavy atom. The van der Waals surface area contributed by atoms with Gasteiger partial charge in [0.2, 0.25) is 23.6 Å². The molecule has 8 nitrogen and oxygen atoms in total. The quantitative estimate of drug-likeness (QED) is 0.674. The summed E-state index contributed by atoms with van der Waals surface area (Å²) in [6.45, 7) is 5.27. The Morgan fingerprint density at radius 1 is 0.545 bits per heavy atom. The first-order valence-electron chi connectivity index (χ1n) is 6.47. The lowest BCUT2D eigenvalue weighted by Gasteiger charge is -2.17. The lowest BCUT2D eigenvalue weighted by Crippen LogP contribution is -2.16. The second kappa shape index (κ2) is 7.21. The lowest BCUT2D eigenvalue weighted by molar-refractivity contribution is -0.115. The maximum atomic E-state index is 11.3. The fraction of sp³-hybridized carbons (Fsp3) is 0.286. The summed E-state index contributed by atoms with van der Waals surface area (Å²) in [5.74, 6) is -1.36. The standard InChI is InChI=1S/C14H18N4O4/c1-7(19)15-11-5-13(17-9(3)21)14(18-10(4)22)6-12(11)16-8(2)20/h5-6H,1-4H3,(H,15,19)(H,16,20)(H,17,21)(H,18,22). The van der Waals surface area contributed by atoms with E-state index in [0.717, 1.165) is 0 Å². The molecule has 0 atom stereocenters. The second-order valence-electron chi connectivity index (χ2n) is 4.67. The van der Waals surface area contributed by atoms with E-state index >= 15 is 0 Å². The summed E-state index contributed by atoms with van der Waals surface area (Å²) in [7, 11) is 0. The summed E-state index contributed by atoms with van der Waals surface area (Å²) in [5.41, 5.74) is 1.22. The molecule has 0 unspecified atom stereocenters. The van der Waals surface area contributed by atoms with Gasteiger partial charge in [-0.3, -0.25) is 19.2 Å². The Balaban J connectivity index is 3.39. The van der Waals surface area contributed by atoms with Crippen LogP contribution in [0.5, 0.6) is 0 Å². The molecule has 0 fully saturated rings. The van der Waals surface area contributed by atoms with Gasteiger partial charge in [-0.15, -0.1) is 0 Å². The molecule has 0 saturated carbocycles. The third-order valence-corrected chi connectivity index (χ3v) is 2.40. The van der Waals surface area contributed by atoms with Crippen LogP contribution in [0.25, 0.3) is 0 Å². The molecule has 0 aliphatic heterocycles. The predicted molar refractivity (Wildman–Crippen MR) is 83.7 cm³/mol. The molecule has 0 heterocycles. The van der Waals surface area contributed by atoms with Crippen LogP contribution in [-0.4, -0.2) is 23.6 Å². The number of hydrogen-bond donors (Lipinski definition) is 4. The Labute approximate surface area is 127 Å². The fourth-order valence-electron chi connectivity index (χ4n) is 1.77. The fourth-order valence-corrected chi connectivity index (χ4v) is 1.77. The summed E-state index contributed by atoms with van der Waals surface area (Å²) >= 11 is 0. The van der Waals surface area contributed by atoms with Crippen molar-refractivity contribution in [3.63, 3.8) is 0 Å². The molecule has 0 radical (unpaired) electrons. The molecular weight excluding hydrogens is 288 g/mol. The van der Waals surface area contributed by atoms with Crippen LogP contribution in [0, 0.1) is 0 Å². The highest BCUT2D eigenvalue weighted by molar-refractivity contribution is 6.05. The van der Waals surface area contributed by atoms with Gasteiger partial charge in [0.1, 0.15) is 0 Å². The van der Waals surface area contributed by atoms with Crippen molar-refractivity contribution in [3.05, 3.63) is 12.1 Å². The van der Waals surface area contributed by atoms with Crippen molar-refractivity contribution in [3.8, 4) is 0 Å². The minimum absolute atomic E-state index is 0.306. The van der Waals surface area contributed by atoms with Crippen LogP contribution in [0.3, 0.4) is 0 Å². The minimum Gasteiger partial charge on any atom is -0.324 e. The lowest BCUT2D eigenvalue weighted by atomic mass is 10.2. The van der Waals surface area contributed by atoms with Gasteiger partial charge >= 0.3 is 0 Å². The molecule has 4 N–H and O–H groups in total. The molecule has 0 aliphatic rings. The summed E-state index contributed by atoms with van der Waals surface area (Å²) in [6.07, 6.45) is 0. The van der Waals surface area contributed by atoms with Gasteiger partial charge in [0.25, 0.3) is 0 Å². The van der Waals surface area contributed by atoms with Crippen LogP contribution in [0.1, 0.15) is 27.7 Å². The molecule has 118 valence electrons. The molecule has 1 aromatic rings. The van der Waals surface area contributed by atoms with Gasteiger partial charge in [-0.25, -0.2) is 0 Å². The van der Waals surface area contributed by atoms with Gasteiger partial charge in [0.15, 0.2) is 0 Å². The van der Waals surface area contributed by atoms with Crippen LogP contribution >= 0.6 is 0 Å². The number of carbonyl (C=O) groups excluding carboxylic acids is 4. The highest BCUT2D eigenvalue weighted by Gasteiger charge is 2.14. The van der Waals surface area contributed by atoms with E-state index in [-0.39, 0.29) is 23.6 Å². The van der Waals surface area contributed by atoms with Crippen molar-refractivity contribution < 1.29 is 19.2 Å². The maximum absolute atomic E-state index is 11.3. The van der Waals surface area contributed by atoms with Crippen molar-refractivity contribution in [2.45, 2.75) is 27.7 Å². The van der Waals surface area contributed by atoms with Crippen molar-refractivity contribution >= 4 is 46.4 Å². The Kier molecular flexibility index (Phi) is 5.62. The molecule has 22 heavy (non-hydrogen) atoms.